The summed E-state index contributed by atoms with van der Waals surface area (Å²) in [5.41, 5.74) is 2.78. The van der Waals surface area contributed by atoms with E-state index in [0.29, 0.717) is 47.9 Å². The number of anilines is 1. The summed E-state index contributed by atoms with van der Waals surface area (Å²) in [5, 5.41) is 5.79. The second-order valence-electron chi connectivity index (χ2n) is 8.01. The van der Waals surface area contributed by atoms with Crippen molar-refractivity contribution in [2.75, 3.05) is 26.1 Å². The number of carbonyl (C=O) groups is 2. The molecule has 7 heteroatoms. The summed E-state index contributed by atoms with van der Waals surface area (Å²) < 4.78 is 16.5. The van der Waals surface area contributed by atoms with E-state index in [1.165, 1.54) is 0 Å². The zero-order chi connectivity index (χ0) is 25.2. The van der Waals surface area contributed by atoms with E-state index >= 15 is 0 Å². The van der Waals surface area contributed by atoms with Gasteiger partial charge in [-0.25, -0.2) is 0 Å². The third-order valence-corrected chi connectivity index (χ3v) is 5.60. The van der Waals surface area contributed by atoms with E-state index in [1.807, 2.05) is 56.3 Å². The molecule has 0 unspecified atom stereocenters. The Morgan fingerprint density at radius 2 is 1.60 bits per heavy atom. The quantitative estimate of drug-likeness (QED) is 0.416. The highest BCUT2D eigenvalue weighted by atomic mass is 16.5. The number of aryl methyl sites for hydroxylation is 1. The van der Waals surface area contributed by atoms with Crippen molar-refractivity contribution in [2.24, 2.45) is 0 Å². The first-order chi connectivity index (χ1) is 17.0. The minimum Gasteiger partial charge on any atom is -0.493 e. The monoisotopic (exact) mass is 476 g/mol. The van der Waals surface area contributed by atoms with Crippen LogP contribution in [0.3, 0.4) is 0 Å². The van der Waals surface area contributed by atoms with Gasteiger partial charge in [-0.2, -0.15) is 0 Å². The Balaban J connectivity index is 1.63. The molecule has 2 N–H and O–H groups in total. The van der Waals surface area contributed by atoms with Gasteiger partial charge < -0.3 is 24.8 Å². The van der Waals surface area contributed by atoms with Gasteiger partial charge in [-0.05, 0) is 61.2 Å². The van der Waals surface area contributed by atoms with Gasteiger partial charge in [-0.15, -0.1) is 0 Å². The Morgan fingerprint density at radius 3 is 2.31 bits per heavy atom. The fraction of sp³-hybridized carbons (Fsp3) is 0.286. The first kappa shape index (κ1) is 25.6. The lowest BCUT2D eigenvalue weighted by Crippen LogP contribution is -2.34. The molecule has 0 aliphatic carbocycles. The van der Waals surface area contributed by atoms with Gasteiger partial charge in [0.15, 0.2) is 17.6 Å². The van der Waals surface area contributed by atoms with Crippen LogP contribution in [-0.4, -0.2) is 38.7 Å². The molecule has 0 fully saturated rings. The number of hydrogen-bond donors (Lipinski definition) is 2. The maximum Gasteiger partial charge on any atom is 0.265 e. The third-order valence-electron chi connectivity index (χ3n) is 5.60. The predicted octanol–water partition coefficient (Wildman–Crippen LogP) is 4.78. The van der Waals surface area contributed by atoms with Gasteiger partial charge in [0.1, 0.15) is 5.75 Å². The van der Waals surface area contributed by atoms with Gasteiger partial charge in [0.25, 0.3) is 11.8 Å². The van der Waals surface area contributed by atoms with Crippen molar-refractivity contribution in [1.82, 2.24) is 5.32 Å². The van der Waals surface area contributed by atoms with Gasteiger partial charge in [-0.3, -0.25) is 9.59 Å². The lowest BCUT2D eigenvalue weighted by molar-refractivity contribution is -0.122. The van der Waals surface area contributed by atoms with Crippen LogP contribution in [-0.2, 0) is 11.2 Å². The van der Waals surface area contributed by atoms with Crippen LogP contribution < -0.4 is 24.8 Å². The fourth-order valence-electron chi connectivity index (χ4n) is 3.62. The summed E-state index contributed by atoms with van der Waals surface area (Å²) in [5.74, 6) is 1.38. The zero-order valence-corrected chi connectivity index (χ0v) is 20.6. The number of carbonyl (C=O) groups excluding carboxylic acids is 2. The molecule has 0 radical (unpaired) electrons. The Labute approximate surface area is 206 Å². The molecule has 0 spiro atoms. The first-order valence-electron chi connectivity index (χ1n) is 11.6. The molecular weight excluding hydrogens is 444 g/mol. The summed E-state index contributed by atoms with van der Waals surface area (Å²) in [7, 11) is 3.18. The van der Waals surface area contributed by atoms with Crippen molar-refractivity contribution in [3.63, 3.8) is 0 Å². The first-order valence-corrected chi connectivity index (χ1v) is 11.6. The van der Waals surface area contributed by atoms with Crippen LogP contribution in [0, 0.1) is 6.92 Å². The predicted molar refractivity (Wildman–Crippen MR) is 137 cm³/mol. The molecular formula is C28H32N2O5. The largest absolute Gasteiger partial charge is 0.493 e. The second kappa shape index (κ2) is 12.5. The van der Waals surface area contributed by atoms with Crippen molar-refractivity contribution < 1.29 is 23.8 Å². The van der Waals surface area contributed by atoms with Crippen LogP contribution in [0.1, 0.15) is 34.8 Å². The van der Waals surface area contributed by atoms with Crippen molar-refractivity contribution >= 4 is 17.5 Å². The smallest absolute Gasteiger partial charge is 0.265 e. The van der Waals surface area contributed by atoms with Gasteiger partial charge >= 0.3 is 0 Å². The molecule has 0 aromatic heterocycles. The zero-order valence-electron chi connectivity index (χ0n) is 20.6. The third kappa shape index (κ3) is 6.76. The van der Waals surface area contributed by atoms with Gasteiger partial charge in [-0.1, -0.05) is 43.3 Å². The van der Waals surface area contributed by atoms with Crippen LogP contribution in [0.25, 0.3) is 0 Å². The second-order valence-corrected chi connectivity index (χ2v) is 8.01. The van der Waals surface area contributed by atoms with Gasteiger partial charge in [0, 0.05) is 6.54 Å². The molecule has 1 atom stereocenters. The lowest BCUT2D eigenvalue weighted by atomic mass is 10.1. The SMILES string of the molecule is CC[C@@H](Oc1ccccc1C)C(=O)Nc1ccccc1C(=O)NCCc1ccc(OC)c(OC)c1. The van der Waals surface area contributed by atoms with Crippen molar-refractivity contribution in [3.8, 4) is 17.2 Å². The Hall–Kier alpha value is -4.00. The molecule has 0 bridgehead atoms. The number of nitrogens with one attached hydrogen (secondary N) is 2. The fourth-order valence-corrected chi connectivity index (χ4v) is 3.62. The topological polar surface area (TPSA) is 85.9 Å². The number of methoxy groups -OCH3 is 2. The lowest BCUT2D eigenvalue weighted by Gasteiger charge is -2.19. The Bertz CT molecular complexity index is 1160. The van der Waals surface area contributed by atoms with E-state index in [9.17, 15) is 9.59 Å². The maximum absolute atomic E-state index is 13.0. The molecule has 3 aromatic carbocycles. The van der Waals surface area contributed by atoms with Crippen molar-refractivity contribution in [1.29, 1.82) is 0 Å². The average Bonchev–Trinajstić information content (AvgIpc) is 2.88. The molecule has 0 aliphatic rings. The van der Waals surface area contributed by atoms with E-state index in [4.69, 9.17) is 14.2 Å². The van der Waals surface area contributed by atoms with Crippen molar-refractivity contribution in [3.05, 3.63) is 83.4 Å². The molecule has 3 rings (SSSR count). The van der Waals surface area contributed by atoms with Crippen LogP contribution in [0.4, 0.5) is 5.69 Å². The van der Waals surface area contributed by atoms with Crippen LogP contribution in [0.5, 0.6) is 17.2 Å². The van der Waals surface area contributed by atoms with Crippen LogP contribution >= 0.6 is 0 Å². The standard InChI is InChI=1S/C28H32N2O5/c1-5-23(35-24-13-9-6-10-19(24)2)28(32)30-22-12-8-7-11-21(22)27(31)29-17-16-20-14-15-25(33-3)26(18-20)34-4/h6-15,18,23H,5,16-17H2,1-4H3,(H,29,31)(H,30,32)/t23-/m1/s1. The normalized spacial score (nSPS) is 11.3. The summed E-state index contributed by atoms with van der Waals surface area (Å²) in [4.78, 5) is 25.9. The van der Waals surface area contributed by atoms with E-state index in [0.717, 1.165) is 11.1 Å². The highest BCUT2D eigenvalue weighted by Gasteiger charge is 2.21. The number of rotatable bonds is 11. The Morgan fingerprint density at radius 1 is 0.886 bits per heavy atom. The minimum atomic E-state index is -0.683. The Kier molecular flexibility index (Phi) is 9.12. The number of hydrogen-bond acceptors (Lipinski definition) is 5. The average molecular weight is 477 g/mol. The molecule has 2 amide bonds. The minimum absolute atomic E-state index is 0.269. The van der Waals surface area contributed by atoms with Crippen LogP contribution in [0.15, 0.2) is 66.7 Å². The highest BCUT2D eigenvalue weighted by molar-refractivity contribution is 6.04. The summed E-state index contributed by atoms with van der Waals surface area (Å²) >= 11 is 0. The molecule has 0 heterocycles. The maximum atomic E-state index is 13.0. The molecule has 3 aromatic rings. The molecule has 0 saturated heterocycles. The number of para-hydroxylation sites is 2. The molecule has 7 nitrogen and oxygen atoms in total. The van der Waals surface area contributed by atoms with E-state index in [1.54, 1.807) is 38.5 Å². The number of ether oxygens (including phenoxy) is 3. The van der Waals surface area contributed by atoms with Gasteiger partial charge in [0.2, 0.25) is 0 Å². The molecule has 0 saturated carbocycles. The van der Waals surface area contributed by atoms with Crippen molar-refractivity contribution in [2.45, 2.75) is 32.8 Å². The van der Waals surface area contributed by atoms with E-state index in [-0.39, 0.29) is 11.8 Å². The van der Waals surface area contributed by atoms with E-state index < -0.39 is 6.10 Å². The van der Waals surface area contributed by atoms with Gasteiger partial charge in [0.05, 0.1) is 25.5 Å². The molecule has 184 valence electrons. The highest BCUT2D eigenvalue weighted by Crippen LogP contribution is 2.27. The molecule has 0 aliphatic heterocycles. The summed E-state index contributed by atoms with van der Waals surface area (Å²) in [6.07, 6.45) is 0.417. The molecule has 35 heavy (non-hydrogen) atoms. The number of amides is 2. The summed E-state index contributed by atoms with van der Waals surface area (Å²) in [6.45, 7) is 4.24. The van der Waals surface area contributed by atoms with Crippen LogP contribution in [0.2, 0.25) is 0 Å². The number of benzene rings is 3. The van der Waals surface area contributed by atoms with E-state index in [2.05, 4.69) is 10.6 Å². The summed E-state index contributed by atoms with van der Waals surface area (Å²) in [6, 6.07) is 20.2.